The summed E-state index contributed by atoms with van der Waals surface area (Å²) >= 11 is 0. The minimum Gasteiger partial charge on any atom is -0.382 e. The van der Waals surface area contributed by atoms with Crippen LogP contribution >= 0.6 is 0 Å². The van der Waals surface area contributed by atoms with E-state index in [-0.39, 0.29) is 0 Å². The number of rotatable bonds is 9. The normalized spacial score (nSPS) is 11.8. The molecular formula is C22H27N5O. The van der Waals surface area contributed by atoms with E-state index in [1.807, 2.05) is 31.2 Å². The van der Waals surface area contributed by atoms with Crippen molar-refractivity contribution in [1.29, 1.82) is 0 Å². The number of hydrogen-bond donors (Lipinski definition) is 1. The van der Waals surface area contributed by atoms with Crippen molar-refractivity contribution in [3.63, 3.8) is 0 Å². The summed E-state index contributed by atoms with van der Waals surface area (Å²) in [6, 6.07) is 16.4. The molecule has 0 aliphatic heterocycles. The fourth-order valence-corrected chi connectivity index (χ4v) is 3.55. The summed E-state index contributed by atoms with van der Waals surface area (Å²) in [6.07, 6.45) is 1.02. The summed E-state index contributed by atoms with van der Waals surface area (Å²) in [5.41, 5.74) is 4.23. The van der Waals surface area contributed by atoms with Crippen LogP contribution < -0.4 is 0 Å². The lowest BCUT2D eigenvalue weighted by Gasteiger charge is -2.17. The number of nitrogens with zero attached hydrogens (tertiary/aromatic N) is 4. The average Bonchev–Trinajstić information content (AvgIpc) is 3.26. The molecule has 1 N–H and O–H groups in total. The highest BCUT2D eigenvalue weighted by Gasteiger charge is 2.14. The van der Waals surface area contributed by atoms with Gasteiger partial charge in [0.25, 0.3) is 0 Å². The fraction of sp³-hybridized carbons (Fsp3) is 0.364. The van der Waals surface area contributed by atoms with Gasteiger partial charge in [0.15, 0.2) is 0 Å². The Morgan fingerprint density at radius 3 is 2.64 bits per heavy atom. The Bertz CT molecular complexity index is 1020. The van der Waals surface area contributed by atoms with Crippen LogP contribution in [0.15, 0.2) is 48.5 Å². The number of para-hydroxylation sites is 4. The maximum Gasteiger partial charge on any atom is 0.127 e. The lowest BCUT2D eigenvalue weighted by atomic mass is 10.3. The summed E-state index contributed by atoms with van der Waals surface area (Å²) in [6.45, 7) is 6.06. The predicted molar refractivity (Wildman–Crippen MR) is 112 cm³/mol. The van der Waals surface area contributed by atoms with Crippen molar-refractivity contribution in [1.82, 2.24) is 24.4 Å². The zero-order chi connectivity index (χ0) is 19.3. The number of hydrogen-bond acceptors (Lipinski definition) is 4. The van der Waals surface area contributed by atoms with Gasteiger partial charge in [-0.3, -0.25) is 4.90 Å². The number of aromatic nitrogens is 4. The zero-order valence-electron chi connectivity index (χ0n) is 16.6. The van der Waals surface area contributed by atoms with Gasteiger partial charge in [-0.25, -0.2) is 9.97 Å². The molecule has 2 aromatic heterocycles. The molecule has 0 spiro atoms. The van der Waals surface area contributed by atoms with Crippen LogP contribution in [-0.4, -0.2) is 51.2 Å². The molecule has 146 valence electrons. The first-order valence-corrected chi connectivity index (χ1v) is 9.88. The molecule has 6 nitrogen and oxygen atoms in total. The Kier molecular flexibility index (Phi) is 5.69. The Hall–Kier alpha value is -2.70. The van der Waals surface area contributed by atoms with Crippen molar-refractivity contribution in [2.45, 2.75) is 26.4 Å². The molecule has 2 heterocycles. The first kappa shape index (κ1) is 18.7. The van der Waals surface area contributed by atoms with Crippen LogP contribution in [-0.2, 0) is 17.8 Å². The van der Waals surface area contributed by atoms with E-state index in [9.17, 15) is 0 Å². The molecule has 0 saturated carbocycles. The summed E-state index contributed by atoms with van der Waals surface area (Å²) in [4.78, 5) is 15.4. The molecule has 0 saturated heterocycles. The van der Waals surface area contributed by atoms with Gasteiger partial charge in [-0.1, -0.05) is 24.3 Å². The van der Waals surface area contributed by atoms with E-state index in [1.54, 1.807) is 0 Å². The van der Waals surface area contributed by atoms with Gasteiger partial charge in [-0.2, -0.15) is 0 Å². The van der Waals surface area contributed by atoms with Crippen molar-refractivity contribution in [3.8, 4) is 0 Å². The summed E-state index contributed by atoms with van der Waals surface area (Å²) in [5.74, 6) is 2.00. The number of imidazole rings is 2. The number of fused-ring (bicyclic) bond motifs is 2. The Balaban J connectivity index is 1.58. The third kappa shape index (κ3) is 4.08. The molecule has 28 heavy (non-hydrogen) atoms. The van der Waals surface area contributed by atoms with Crippen molar-refractivity contribution in [2.75, 3.05) is 26.8 Å². The van der Waals surface area contributed by atoms with Gasteiger partial charge in [0, 0.05) is 19.8 Å². The predicted octanol–water partition coefficient (Wildman–Crippen LogP) is 3.82. The van der Waals surface area contributed by atoms with Gasteiger partial charge in [0.05, 0.1) is 35.2 Å². The summed E-state index contributed by atoms with van der Waals surface area (Å²) in [5, 5.41) is 0. The molecular weight excluding hydrogens is 350 g/mol. The van der Waals surface area contributed by atoms with E-state index in [4.69, 9.17) is 14.7 Å². The van der Waals surface area contributed by atoms with Gasteiger partial charge >= 0.3 is 0 Å². The van der Waals surface area contributed by atoms with Crippen LogP contribution in [0.25, 0.3) is 22.1 Å². The largest absolute Gasteiger partial charge is 0.382 e. The number of nitrogens with one attached hydrogen (secondary N) is 1. The average molecular weight is 377 g/mol. The van der Waals surface area contributed by atoms with E-state index < -0.39 is 0 Å². The first-order valence-electron chi connectivity index (χ1n) is 9.88. The highest BCUT2D eigenvalue weighted by molar-refractivity contribution is 5.77. The van der Waals surface area contributed by atoms with Crippen LogP contribution in [0.4, 0.5) is 0 Å². The number of H-pyrrole nitrogens is 1. The smallest absolute Gasteiger partial charge is 0.127 e. The Morgan fingerprint density at radius 2 is 1.82 bits per heavy atom. The van der Waals surface area contributed by atoms with Crippen molar-refractivity contribution in [2.24, 2.45) is 0 Å². The Morgan fingerprint density at radius 1 is 1.04 bits per heavy atom. The topological polar surface area (TPSA) is 59.0 Å². The fourth-order valence-electron chi connectivity index (χ4n) is 3.55. The molecule has 0 unspecified atom stereocenters. The Labute approximate surface area is 165 Å². The molecule has 0 aliphatic rings. The zero-order valence-corrected chi connectivity index (χ0v) is 16.6. The lowest BCUT2D eigenvalue weighted by Crippen LogP contribution is -2.23. The molecule has 6 heteroatoms. The molecule has 2 aromatic carbocycles. The summed E-state index contributed by atoms with van der Waals surface area (Å²) in [7, 11) is 2.14. The molecule has 0 bridgehead atoms. The third-order valence-electron chi connectivity index (χ3n) is 4.92. The van der Waals surface area contributed by atoms with E-state index in [2.05, 4.69) is 45.8 Å². The molecule has 4 rings (SSSR count). The SMILES string of the molecule is CCOCCCN(C)Cc1nc2ccccc2n1Cc1nc2ccccc2[nH]1. The van der Waals surface area contributed by atoms with Crippen LogP contribution in [0, 0.1) is 0 Å². The molecule has 0 aliphatic carbocycles. The quantitative estimate of drug-likeness (QED) is 0.451. The molecule has 0 radical (unpaired) electrons. The van der Waals surface area contributed by atoms with E-state index in [0.717, 1.165) is 66.4 Å². The number of benzene rings is 2. The van der Waals surface area contributed by atoms with Crippen LogP contribution in [0.1, 0.15) is 25.0 Å². The lowest BCUT2D eigenvalue weighted by molar-refractivity contribution is 0.134. The van der Waals surface area contributed by atoms with Gasteiger partial charge in [0.2, 0.25) is 0 Å². The number of aromatic amines is 1. The summed E-state index contributed by atoms with van der Waals surface area (Å²) < 4.78 is 7.72. The van der Waals surface area contributed by atoms with E-state index >= 15 is 0 Å². The minimum atomic E-state index is 0.678. The maximum absolute atomic E-state index is 5.45. The second kappa shape index (κ2) is 8.54. The van der Waals surface area contributed by atoms with E-state index in [0.29, 0.717) is 6.54 Å². The van der Waals surface area contributed by atoms with Crippen LogP contribution in [0.3, 0.4) is 0 Å². The second-order valence-electron chi connectivity index (χ2n) is 7.09. The molecule has 0 fully saturated rings. The number of ether oxygens (including phenoxy) is 1. The molecule has 0 atom stereocenters. The van der Waals surface area contributed by atoms with E-state index in [1.165, 1.54) is 0 Å². The third-order valence-corrected chi connectivity index (χ3v) is 4.92. The van der Waals surface area contributed by atoms with Crippen molar-refractivity contribution in [3.05, 3.63) is 60.2 Å². The molecule has 0 amide bonds. The van der Waals surface area contributed by atoms with Gasteiger partial charge < -0.3 is 14.3 Å². The van der Waals surface area contributed by atoms with Crippen molar-refractivity contribution < 1.29 is 4.74 Å². The van der Waals surface area contributed by atoms with Crippen molar-refractivity contribution >= 4 is 22.1 Å². The standard InChI is InChI=1S/C22H27N5O/c1-3-28-14-8-13-26(2)16-22-25-19-11-6-7-12-20(19)27(22)15-21-23-17-9-4-5-10-18(17)24-21/h4-7,9-12H,3,8,13-16H2,1-2H3,(H,23,24). The van der Waals surface area contributed by atoms with Gasteiger partial charge in [-0.05, 0) is 44.7 Å². The first-order chi connectivity index (χ1) is 13.7. The van der Waals surface area contributed by atoms with Crippen LogP contribution in [0.5, 0.6) is 0 Å². The molecule has 4 aromatic rings. The highest BCUT2D eigenvalue weighted by Crippen LogP contribution is 2.19. The highest BCUT2D eigenvalue weighted by atomic mass is 16.5. The monoisotopic (exact) mass is 377 g/mol. The van der Waals surface area contributed by atoms with Gasteiger partial charge in [-0.15, -0.1) is 0 Å². The second-order valence-corrected chi connectivity index (χ2v) is 7.09. The minimum absolute atomic E-state index is 0.678. The maximum atomic E-state index is 5.45. The van der Waals surface area contributed by atoms with Gasteiger partial charge in [0.1, 0.15) is 11.6 Å². The van der Waals surface area contributed by atoms with Crippen LogP contribution in [0.2, 0.25) is 0 Å².